The van der Waals surface area contributed by atoms with Gasteiger partial charge >= 0.3 is 17.9 Å². The number of nitrogens with zero attached hydrogens (tertiary/aromatic N) is 1. The Bertz CT molecular complexity index is 2090. The van der Waals surface area contributed by atoms with Crippen molar-refractivity contribution in [1.29, 1.82) is 0 Å². The van der Waals surface area contributed by atoms with E-state index in [9.17, 15) is 24.3 Å². The lowest BCUT2D eigenvalue weighted by molar-refractivity contribution is -0.249. The normalized spacial score (nSPS) is 38.2. The maximum Gasteiger partial charge on any atom is 0.327 e. The summed E-state index contributed by atoms with van der Waals surface area (Å²) in [5, 5.41) is 13.3. The molecule has 6 saturated carbocycles. The number of amides is 2. The topological polar surface area (TPSA) is 165 Å². The van der Waals surface area contributed by atoms with Crippen molar-refractivity contribution in [2.24, 2.45) is 79.1 Å². The summed E-state index contributed by atoms with van der Waals surface area (Å²) in [7, 11) is 1.32. The molecular weight excluding hydrogens is 855 g/mol. The second-order valence-corrected chi connectivity index (χ2v) is 25.5. The van der Waals surface area contributed by atoms with Crippen LogP contribution in [0.3, 0.4) is 0 Å². The summed E-state index contributed by atoms with van der Waals surface area (Å²) < 4.78 is 10.7. The number of rotatable bonds is 10. The van der Waals surface area contributed by atoms with E-state index in [-0.39, 0.29) is 63.4 Å². The van der Waals surface area contributed by atoms with Gasteiger partial charge in [0.25, 0.3) is 0 Å². The van der Waals surface area contributed by atoms with Crippen LogP contribution in [0.15, 0.2) is 42.5 Å². The fourth-order valence-electron chi connectivity index (χ4n) is 16.5. The highest BCUT2D eigenvalue weighted by atomic mass is 16.5. The summed E-state index contributed by atoms with van der Waals surface area (Å²) >= 11 is 0. The average molecular weight is 942 g/mol. The van der Waals surface area contributed by atoms with E-state index in [1.54, 1.807) is 26.0 Å². The first-order valence-electron chi connectivity index (χ1n) is 26.3. The van der Waals surface area contributed by atoms with Crippen molar-refractivity contribution in [3.8, 4) is 0 Å². The summed E-state index contributed by atoms with van der Waals surface area (Å²) in [5.41, 5.74) is 5.85. The van der Waals surface area contributed by atoms with Crippen molar-refractivity contribution in [2.75, 3.05) is 20.2 Å². The Balaban J connectivity index is 0.000000498. The number of ether oxygens (including phenoxy) is 2. The fraction of sp³-hybridized carbons (Fsp3) is 0.772. The molecule has 0 aromatic heterocycles. The van der Waals surface area contributed by atoms with Crippen molar-refractivity contribution in [3.63, 3.8) is 0 Å². The minimum atomic E-state index is -1.16. The molecule has 0 spiro atoms. The minimum Gasteiger partial charge on any atom is -0.481 e. The van der Waals surface area contributed by atoms with Crippen LogP contribution in [-0.4, -0.2) is 72.1 Å². The molecule has 1 aliphatic heterocycles. The van der Waals surface area contributed by atoms with E-state index >= 15 is 4.79 Å². The van der Waals surface area contributed by atoms with Gasteiger partial charge in [-0.1, -0.05) is 91.0 Å². The lowest BCUT2D eigenvalue weighted by Gasteiger charge is -2.73. The molecule has 6 aliphatic carbocycles. The highest BCUT2D eigenvalue weighted by Crippen LogP contribution is 2.77. The number of benzene rings is 1. The number of carboxylic acid groups (broad SMARTS) is 1. The monoisotopic (exact) mass is 942 g/mol. The van der Waals surface area contributed by atoms with E-state index in [1.807, 2.05) is 18.2 Å². The maximum absolute atomic E-state index is 15.0. The average Bonchev–Trinajstić information content (AvgIpc) is 3.70. The van der Waals surface area contributed by atoms with Crippen molar-refractivity contribution in [3.05, 3.63) is 48.0 Å². The van der Waals surface area contributed by atoms with Gasteiger partial charge in [-0.2, -0.15) is 0 Å². The number of carbonyl (C=O) groups excluding carboxylic acids is 4. The van der Waals surface area contributed by atoms with Gasteiger partial charge in [0.2, 0.25) is 11.8 Å². The zero-order valence-corrected chi connectivity index (χ0v) is 43.6. The molecule has 1 saturated heterocycles. The molecule has 0 radical (unpaired) electrons. The number of esters is 2. The van der Waals surface area contributed by atoms with Crippen LogP contribution in [0.2, 0.25) is 0 Å². The zero-order chi connectivity index (χ0) is 50.0. The Morgan fingerprint density at radius 2 is 1.50 bits per heavy atom. The number of likely N-dealkylation sites (tertiary alicyclic amines) is 1. The number of nitrogens with one attached hydrogen (secondary N) is 1. The number of fused-ring (bicyclic) bond motifs is 7. The first kappa shape index (κ1) is 52.1. The third-order valence-electron chi connectivity index (χ3n) is 21.0. The van der Waals surface area contributed by atoms with E-state index in [4.69, 9.17) is 10.5 Å². The van der Waals surface area contributed by atoms with Crippen LogP contribution in [0.25, 0.3) is 0 Å². The molecule has 4 N–H and O–H groups in total. The first-order chi connectivity index (χ1) is 31.7. The van der Waals surface area contributed by atoms with Gasteiger partial charge in [0, 0.05) is 30.5 Å². The Kier molecular flexibility index (Phi) is 14.4. The number of carboxylic acids is 1. The molecular formula is C57H87N3O8. The number of nitrogens with two attached hydrogens (primary N) is 1. The highest BCUT2D eigenvalue weighted by Gasteiger charge is 2.72. The molecule has 7 aliphatic rings. The minimum absolute atomic E-state index is 0.0193. The lowest BCUT2D eigenvalue weighted by Crippen LogP contribution is -2.68. The summed E-state index contributed by atoms with van der Waals surface area (Å²) in [6.45, 7) is 28.5. The van der Waals surface area contributed by atoms with Crippen LogP contribution in [-0.2, 0) is 33.4 Å². The smallest absolute Gasteiger partial charge is 0.327 e. The van der Waals surface area contributed by atoms with Crippen molar-refractivity contribution < 1.29 is 38.6 Å². The number of hydrogen-bond donors (Lipinski definition) is 3. The van der Waals surface area contributed by atoms with E-state index in [0.29, 0.717) is 29.6 Å². The molecule has 13 atom stereocenters. The van der Waals surface area contributed by atoms with Gasteiger partial charge in [-0.3, -0.25) is 24.0 Å². The molecule has 378 valence electrons. The van der Waals surface area contributed by atoms with Crippen molar-refractivity contribution >= 4 is 29.7 Å². The zero-order valence-electron chi connectivity index (χ0n) is 43.6. The van der Waals surface area contributed by atoms with E-state index in [1.165, 1.54) is 19.1 Å². The van der Waals surface area contributed by atoms with E-state index in [2.05, 4.69) is 76.9 Å². The molecule has 11 nitrogen and oxygen atoms in total. The van der Waals surface area contributed by atoms with Gasteiger partial charge in [0.1, 0.15) is 12.1 Å². The molecule has 0 bridgehead atoms. The second kappa shape index (κ2) is 18.8. The van der Waals surface area contributed by atoms with Crippen LogP contribution in [0.1, 0.15) is 177 Å². The molecule has 6 unspecified atom stereocenters. The van der Waals surface area contributed by atoms with Gasteiger partial charge < -0.3 is 30.5 Å². The predicted molar refractivity (Wildman–Crippen MR) is 265 cm³/mol. The summed E-state index contributed by atoms with van der Waals surface area (Å²) in [5.74, 6) is 0.706. The van der Waals surface area contributed by atoms with Gasteiger partial charge in [0.15, 0.2) is 0 Å². The fourth-order valence-corrected chi connectivity index (χ4v) is 16.5. The largest absolute Gasteiger partial charge is 0.481 e. The SMILES string of the molecule is C=C(C)[C@@H]1CC[C@]2(C(=O)NC3C[C@H](C(=O)N4CCCCC4)C3(C)C)CC[C@]3(C)C(CCC4[C@@]5(C)CC[C@H](OC(=O)CC(C)(C)C(=O)O)C(C)(C)C5CC[C@]43C)C12.COC(=O)C(N)c1ccccc1. The van der Waals surface area contributed by atoms with Gasteiger partial charge in [-0.05, 0) is 167 Å². The number of methoxy groups -OCH3 is 1. The van der Waals surface area contributed by atoms with Crippen LogP contribution in [0.5, 0.6) is 0 Å². The standard InChI is InChI=1S/C48H76N2O6.C9H11NO2/c1-29(2)30-17-22-48(40(53)49-35-27-32(43(35,5)6)39(52)50-25-13-12-14-26-50)24-23-46(10)31(38(30)48)15-16-34-45(9)20-19-36(56-37(51)28-42(3,4)41(54)55)44(7,8)33(45)18-21-47(34,46)11;1-12-9(11)8(10)7-5-3-2-4-6-7/h30-36,38H,1,12-28H2,2-11H3,(H,49,53)(H,54,55);2-6,8H,10H2,1H3/t30-,31?,32+,33?,34?,35?,36-,38?,45-,46+,47+,48-;/m0./s1. The van der Waals surface area contributed by atoms with Crippen LogP contribution < -0.4 is 11.1 Å². The number of piperidine rings is 1. The summed E-state index contributed by atoms with van der Waals surface area (Å²) in [6, 6.07) is 8.47. The number of aliphatic carboxylic acids is 1. The van der Waals surface area contributed by atoms with Crippen molar-refractivity contribution in [1.82, 2.24) is 10.2 Å². The molecule has 2 amide bonds. The lowest BCUT2D eigenvalue weighted by atomic mass is 9.32. The molecule has 1 aromatic carbocycles. The maximum atomic E-state index is 15.0. The molecule has 68 heavy (non-hydrogen) atoms. The van der Waals surface area contributed by atoms with E-state index in [0.717, 1.165) is 102 Å². The Morgan fingerprint density at radius 3 is 2.10 bits per heavy atom. The van der Waals surface area contributed by atoms with Crippen LogP contribution in [0, 0.1) is 73.4 Å². The Morgan fingerprint density at radius 1 is 0.838 bits per heavy atom. The van der Waals surface area contributed by atoms with Crippen LogP contribution in [0.4, 0.5) is 0 Å². The second-order valence-electron chi connectivity index (χ2n) is 25.5. The highest BCUT2D eigenvalue weighted by molar-refractivity contribution is 5.86. The quantitative estimate of drug-likeness (QED) is 0.153. The van der Waals surface area contributed by atoms with Crippen molar-refractivity contribution in [2.45, 2.75) is 184 Å². The molecule has 1 heterocycles. The first-order valence-corrected chi connectivity index (χ1v) is 26.3. The molecule has 7 fully saturated rings. The summed E-state index contributed by atoms with van der Waals surface area (Å²) in [4.78, 5) is 66.6. The third-order valence-corrected chi connectivity index (χ3v) is 21.0. The van der Waals surface area contributed by atoms with E-state index < -0.39 is 34.8 Å². The molecule has 11 heteroatoms. The number of allylic oxidation sites excluding steroid dienone is 1. The molecule has 1 aromatic rings. The summed E-state index contributed by atoms with van der Waals surface area (Å²) in [6.07, 6.45) is 14.0. The van der Waals surface area contributed by atoms with Crippen LogP contribution >= 0.6 is 0 Å². The molecule has 8 rings (SSSR count). The van der Waals surface area contributed by atoms with Gasteiger partial charge in [-0.25, -0.2) is 0 Å². The number of carbonyl (C=O) groups is 5. The van der Waals surface area contributed by atoms with Gasteiger partial charge in [0.05, 0.1) is 24.4 Å². The Labute approximate surface area is 408 Å². The van der Waals surface area contributed by atoms with Gasteiger partial charge in [-0.15, -0.1) is 0 Å². The third kappa shape index (κ3) is 8.66. The number of hydrogen-bond acceptors (Lipinski definition) is 8. The Hall–Kier alpha value is -3.73. The predicted octanol–water partition coefficient (Wildman–Crippen LogP) is 10.5.